The third-order valence-corrected chi connectivity index (χ3v) is 2.61. The van der Waals surface area contributed by atoms with Gasteiger partial charge in [-0.3, -0.25) is 12.2 Å². The van der Waals surface area contributed by atoms with Gasteiger partial charge in [-0.1, -0.05) is 19.8 Å². The van der Waals surface area contributed by atoms with Crippen LogP contribution < -0.4 is 0 Å². The molecule has 0 aromatic heterocycles. The van der Waals surface area contributed by atoms with Gasteiger partial charge in [-0.05, 0) is 6.42 Å². The summed E-state index contributed by atoms with van der Waals surface area (Å²) in [6.07, 6.45) is 20.4. The van der Waals surface area contributed by atoms with Crippen LogP contribution in [0.4, 0.5) is 0 Å². The number of hydrogen-bond acceptors (Lipinski definition) is 0. The first kappa shape index (κ1) is 19.1. The third-order valence-electron chi connectivity index (χ3n) is 2.61. The fourth-order valence-electron chi connectivity index (χ4n) is 1.58. The first-order chi connectivity index (χ1) is 9.07. The predicted octanol–water partition coefficient (Wildman–Crippen LogP) is 5.35. The molecule has 0 atom stereocenters. The maximum Gasteiger partial charge on any atom is -0.109 e. The second-order valence-electron chi connectivity index (χ2n) is 4.92. The van der Waals surface area contributed by atoms with Crippen LogP contribution >= 0.6 is 0 Å². The number of allylic oxidation sites excluding steroid dienone is 8. The van der Waals surface area contributed by atoms with E-state index in [-0.39, 0.29) is 5.43 Å². The number of rotatable bonds is 3. The molecule has 0 amide bonds. The molecule has 0 heterocycles. The maximum absolute atomic E-state index is 3.23. The van der Waals surface area contributed by atoms with E-state index >= 15 is 0 Å². The molecule has 2 rings (SSSR count). The minimum absolute atomic E-state index is 0.210. The van der Waals surface area contributed by atoms with Gasteiger partial charge in [0.2, 0.25) is 0 Å². The van der Waals surface area contributed by atoms with Crippen molar-refractivity contribution in [3.05, 3.63) is 47.6 Å². The molecule has 0 nitrogen and oxygen atoms in total. The summed E-state index contributed by atoms with van der Waals surface area (Å²) in [7, 11) is 0. The molecule has 0 saturated heterocycles. The molecule has 102 valence electrons. The van der Waals surface area contributed by atoms with E-state index in [9.17, 15) is 0 Å². The predicted molar refractivity (Wildman–Crippen MR) is 83.7 cm³/mol. The van der Waals surface area contributed by atoms with Crippen LogP contribution in [0.2, 0.25) is 13.1 Å². The van der Waals surface area contributed by atoms with Gasteiger partial charge in [0.15, 0.2) is 0 Å². The van der Waals surface area contributed by atoms with E-state index in [1.165, 1.54) is 24.8 Å². The summed E-state index contributed by atoms with van der Waals surface area (Å²) >= 11 is 1.74. The Kier molecular flexibility index (Phi) is 13.1. The topological polar surface area (TPSA) is 0 Å². The maximum atomic E-state index is 3.23. The zero-order valence-corrected chi connectivity index (χ0v) is 16.3. The van der Waals surface area contributed by atoms with Crippen LogP contribution in [0.3, 0.4) is 0 Å². The molecular weight excluding hydrogens is 323 g/mol. The van der Waals surface area contributed by atoms with E-state index in [4.69, 9.17) is 0 Å². The van der Waals surface area contributed by atoms with E-state index in [2.05, 4.69) is 51.2 Å². The Balaban J connectivity index is 0.000000300. The van der Waals surface area contributed by atoms with E-state index in [0.717, 1.165) is 12.8 Å². The van der Waals surface area contributed by atoms with E-state index in [1.807, 2.05) is 12.2 Å². The molecule has 0 saturated carbocycles. The average Bonchev–Trinajstić information content (AvgIpc) is 3.00. The van der Waals surface area contributed by atoms with Gasteiger partial charge in [-0.2, -0.15) is 11.6 Å². The Morgan fingerprint density at radius 1 is 1.32 bits per heavy atom. The van der Waals surface area contributed by atoms with Crippen LogP contribution in [0.1, 0.15) is 46.0 Å². The normalized spacial score (nSPS) is 15.1. The molecule has 0 aromatic rings. The molecule has 2 aliphatic carbocycles. The zero-order valence-electron chi connectivity index (χ0n) is 12.8. The van der Waals surface area contributed by atoms with Crippen molar-refractivity contribution >= 4 is 5.43 Å². The summed E-state index contributed by atoms with van der Waals surface area (Å²) in [4.78, 5) is 0. The molecule has 0 aromatic carbocycles. The zero-order chi connectivity index (χ0) is 14.5. The first-order valence-corrected chi connectivity index (χ1v) is 13.2. The van der Waals surface area contributed by atoms with Gasteiger partial charge in [-0.25, -0.2) is 23.8 Å². The fraction of sp³-hybridized carbons (Fsp3) is 0.529. The third kappa shape index (κ3) is 12.8. The van der Waals surface area contributed by atoms with Gasteiger partial charge in [0.1, 0.15) is 0 Å². The Labute approximate surface area is 135 Å². The largest absolute Gasteiger partial charge is 0.273 e. The van der Waals surface area contributed by atoms with Crippen molar-refractivity contribution in [3.63, 3.8) is 0 Å². The van der Waals surface area contributed by atoms with E-state index in [1.54, 1.807) is 28.9 Å². The summed E-state index contributed by atoms with van der Waals surface area (Å²) in [5.74, 6) is 0. The molecule has 0 bridgehead atoms. The van der Waals surface area contributed by atoms with Crippen LogP contribution in [0.25, 0.3) is 0 Å². The Bertz CT molecular complexity index is 359. The Morgan fingerprint density at radius 2 is 2.00 bits per heavy atom. The fourth-order valence-corrected chi connectivity index (χ4v) is 1.58. The summed E-state index contributed by atoms with van der Waals surface area (Å²) in [6.45, 7) is 9.04. The second kappa shape index (κ2) is 13.1. The van der Waals surface area contributed by atoms with Gasteiger partial charge in [0.25, 0.3) is 0 Å². The summed E-state index contributed by atoms with van der Waals surface area (Å²) in [5, 5.41) is 0. The van der Waals surface area contributed by atoms with Crippen molar-refractivity contribution in [3.8, 4) is 0 Å². The standard InChI is InChI=1S/C10H15.C5H5.C2H6Si.Zr/c1-3-4-7-10-8-5-6-9(10)2;1-2-4-5-3-1;1-3-2;/h6H,3-4,7-8H2,1-2H3;1-3H,4H2;1-2H3;/q2*-1;;+2. The van der Waals surface area contributed by atoms with Crippen molar-refractivity contribution in [2.75, 3.05) is 0 Å². The quantitative estimate of drug-likeness (QED) is 0.476. The summed E-state index contributed by atoms with van der Waals surface area (Å²) < 4.78 is 0. The molecule has 0 unspecified atom stereocenters. The van der Waals surface area contributed by atoms with Crippen LogP contribution in [0.5, 0.6) is 0 Å². The molecule has 0 fully saturated rings. The van der Waals surface area contributed by atoms with Crippen LogP contribution in [0.15, 0.2) is 35.5 Å². The minimum Gasteiger partial charge on any atom is -0.273 e. The molecular formula is C17H26SiZr. The van der Waals surface area contributed by atoms with Crippen LogP contribution in [-0.4, -0.2) is 5.43 Å². The summed E-state index contributed by atoms with van der Waals surface area (Å²) in [5.41, 5.74) is 3.26. The van der Waals surface area contributed by atoms with Crippen molar-refractivity contribution in [2.45, 2.75) is 59.0 Å². The Morgan fingerprint density at radius 3 is 2.32 bits per heavy atom. The minimum atomic E-state index is 0.210. The van der Waals surface area contributed by atoms with E-state index in [0.29, 0.717) is 0 Å². The summed E-state index contributed by atoms with van der Waals surface area (Å²) in [6, 6.07) is 0. The molecule has 0 spiro atoms. The van der Waals surface area contributed by atoms with E-state index < -0.39 is 0 Å². The van der Waals surface area contributed by atoms with Crippen molar-refractivity contribution in [2.24, 2.45) is 0 Å². The van der Waals surface area contributed by atoms with Crippen LogP contribution in [0, 0.1) is 12.2 Å². The Hall–Kier alpha value is 0.0600. The van der Waals surface area contributed by atoms with Gasteiger partial charge in [0, 0.05) is 0 Å². The molecule has 19 heavy (non-hydrogen) atoms. The van der Waals surface area contributed by atoms with Crippen molar-refractivity contribution in [1.82, 2.24) is 0 Å². The monoisotopic (exact) mass is 348 g/mol. The number of unbranched alkanes of at least 4 members (excludes halogenated alkanes) is 1. The van der Waals surface area contributed by atoms with Crippen LogP contribution in [-0.2, 0) is 23.3 Å². The smallest absolute Gasteiger partial charge is 0.109 e. The molecule has 2 aliphatic rings. The molecule has 0 aliphatic heterocycles. The molecule has 0 N–H and O–H groups in total. The van der Waals surface area contributed by atoms with Gasteiger partial charge < -0.3 is 0 Å². The second-order valence-corrected chi connectivity index (χ2v) is 14.3. The first-order valence-electron chi connectivity index (χ1n) is 7.06. The molecule has 2 heteroatoms. The SMILES string of the molecule is CCCCC1=C(C)C=[C-]C1.C[Si](C)=[Zr+2].[C-]1=CC=CC1. The van der Waals surface area contributed by atoms with Crippen molar-refractivity contribution in [1.29, 1.82) is 0 Å². The average molecular weight is 350 g/mol. The van der Waals surface area contributed by atoms with Gasteiger partial charge >= 0.3 is 41.9 Å². The van der Waals surface area contributed by atoms with Gasteiger partial charge in [-0.15, -0.1) is 19.8 Å². The van der Waals surface area contributed by atoms with Crippen molar-refractivity contribution < 1.29 is 23.3 Å². The molecule has 0 radical (unpaired) electrons. The van der Waals surface area contributed by atoms with Gasteiger partial charge in [0.05, 0.1) is 0 Å². The number of hydrogen-bond donors (Lipinski definition) is 0.